The maximum Gasteiger partial charge on any atom is 0.240 e. The molecule has 180 valence electrons. The first-order chi connectivity index (χ1) is 16.1. The number of benzene rings is 2. The molecule has 0 unspecified atom stereocenters. The van der Waals surface area contributed by atoms with E-state index in [1.807, 2.05) is 0 Å². The van der Waals surface area contributed by atoms with Crippen LogP contribution in [0.15, 0.2) is 40.1 Å². The van der Waals surface area contributed by atoms with E-state index in [0.29, 0.717) is 22.4 Å². The minimum absolute atomic E-state index is 0.134. The monoisotopic (exact) mass is 507 g/mol. The molecule has 0 spiro atoms. The number of hydrogen-bond donors (Lipinski definition) is 6. The second-order valence-electron chi connectivity index (χ2n) is 7.36. The molecule has 4 rings (SSSR count). The van der Waals surface area contributed by atoms with Gasteiger partial charge in [0, 0.05) is 12.1 Å². The molecule has 0 amide bonds. The van der Waals surface area contributed by atoms with Crippen LogP contribution in [0.5, 0.6) is 0 Å². The second kappa shape index (κ2) is 8.82. The van der Waals surface area contributed by atoms with Crippen molar-refractivity contribution in [1.29, 1.82) is 0 Å². The van der Waals surface area contributed by atoms with E-state index < -0.39 is 41.5 Å². The zero-order valence-electron chi connectivity index (χ0n) is 17.5. The quantitative estimate of drug-likeness (QED) is 0.162. The minimum Gasteiger partial charge on any atom is -0.391 e. The van der Waals surface area contributed by atoms with Crippen molar-refractivity contribution >= 4 is 30.9 Å². The molecule has 34 heavy (non-hydrogen) atoms. The molecule has 4 aromatic rings. The smallest absolute Gasteiger partial charge is 0.240 e. The number of imidazole rings is 1. The number of sulfone groups is 1. The average Bonchev–Trinajstić information content (AvgIpc) is 3.46. The van der Waals surface area contributed by atoms with Crippen molar-refractivity contribution < 1.29 is 21.9 Å². The minimum atomic E-state index is -4.66. The fourth-order valence-corrected chi connectivity index (χ4v) is 6.66. The lowest BCUT2D eigenvalue weighted by atomic mass is 9.98. The molecule has 0 aliphatic carbocycles. The molecule has 0 bridgehead atoms. The molecule has 2 aromatic heterocycles. The van der Waals surface area contributed by atoms with E-state index in [2.05, 4.69) is 30.6 Å². The average molecular weight is 508 g/mol. The van der Waals surface area contributed by atoms with Crippen molar-refractivity contribution in [2.24, 2.45) is 16.6 Å². The number of nitrogens with zero attached hydrogens (tertiary/aromatic N) is 4. The zero-order valence-corrected chi connectivity index (χ0v) is 19.1. The Labute approximate surface area is 193 Å². The lowest BCUT2D eigenvalue weighted by Crippen LogP contribution is -2.30. The topological polar surface area (TPSA) is 250 Å². The first-order valence-electron chi connectivity index (χ1n) is 9.79. The predicted octanol–water partition coefficient (Wildman–Crippen LogP) is -1.39. The van der Waals surface area contributed by atoms with E-state index in [-0.39, 0.29) is 30.0 Å². The fourth-order valence-electron chi connectivity index (χ4n) is 3.61. The molecule has 14 nitrogen and oxygen atoms in total. The van der Waals surface area contributed by atoms with Gasteiger partial charge in [-0.1, -0.05) is 18.2 Å². The van der Waals surface area contributed by atoms with Gasteiger partial charge in [0.15, 0.2) is 9.84 Å². The molecule has 0 saturated carbocycles. The van der Waals surface area contributed by atoms with Crippen molar-refractivity contribution in [3.05, 3.63) is 36.2 Å². The van der Waals surface area contributed by atoms with Crippen molar-refractivity contribution in [2.45, 2.75) is 22.4 Å². The highest BCUT2D eigenvalue weighted by atomic mass is 32.2. The van der Waals surface area contributed by atoms with Crippen molar-refractivity contribution in [3.63, 3.8) is 0 Å². The Hall–Kier alpha value is -3.28. The molecular weight excluding hydrogens is 486 g/mol. The number of hydrogen-bond acceptors (Lipinski definition) is 11. The van der Waals surface area contributed by atoms with Crippen molar-refractivity contribution in [3.8, 4) is 22.5 Å². The molecule has 0 aliphatic heterocycles. The summed E-state index contributed by atoms with van der Waals surface area (Å²) >= 11 is 0. The summed E-state index contributed by atoms with van der Waals surface area (Å²) in [6, 6.07) is 7.63. The van der Waals surface area contributed by atoms with E-state index in [1.54, 1.807) is 18.2 Å². The Morgan fingerprint density at radius 3 is 2.44 bits per heavy atom. The van der Waals surface area contributed by atoms with Crippen LogP contribution >= 0.6 is 0 Å². The molecule has 2 heterocycles. The number of sulfonamides is 1. The highest BCUT2D eigenvalue weighted by Crippen LogP contribution is 2.40. The van der Waals surface area contributed by atoms with Crippen molar-refractivity contribution in [2.75, 3.05) is 12.3 Å². The molecule has 1 atom stereocenters. The van der Waals surface area contributed by atoms with E-state index >= 15 is 0 Å². The Bertz CT molecular complexity index is 1560. The second-order valence-corrected chi connectivity index (χ2v) is 10.9. The normalized spacial score (nSPS) is 13.4. The summed E-state index contributed by atoms with van der Waals surface area (Å²) in [4.78, 5) is 6.15. The molecule has 0 aliphatic rings. The Balaban J connectivity index is 2.12. The summed E-state index contributed by atoms with van der Waals surface area (Å²) in [7, 11) is -9.01. The van der Waals surface area contributed by atoms with Crippen LogP contribution in [0.25, 0.3) is 33.5 Å². The Morgan fingerprint density at radius 2 is 1.82 bits per heavy atom. The zero-order chi connectivity index (χ0) is 24.7. The Kier molecular flexibility index (Phi) is 6.19. The Morgan fingerprint density at radius 1 is 1.06 bits per heavy atom. The molecule has 0 saturated heterocycles. The molecule has 9 N–H and O–H groups in total. The number of para-hydroxylation sites is 1. The highest BCUT2D eigenvalue weighted by molar-refractivity contribution is 7.93. The number of aliphatic hydroxyl groups is 1. The molecular formula is C18H21N9O5S2. The van der Waals surface area contributed by atoms with Gasteiger partial charge in [-0.25, -0.2) is 27.0 Å². The van der Waals surface area contributed by atoms with Gasteiger partial charge in [-0.2, -0.15) is 5.21 Å². The number of nitrogens with two attached hydrogens (primary N) is 3. The number of primary sulfonamides is 1. The van der Waals surface area contributed by atoms with Crippen LogP contribution in [-0.4, -0.2) is 70.9 Å². The number of aliphatic hydroxyl groups excluding tert-OH is 1. The van der Waals surface area contributed by atoms with Gasteiger partial charge < -0.3 is 21.6 Å². The van der Waals surface area contributed by atoms with Gasteiger partial charge in [0.25, 0.3) is 0 Å². The molecule has 0 fully saturated rings. The van der Waals surface area contributed by atoms with E-state index in [4.69, 9.17) is 16.6 Å². The molecule has 0 radical (unpaired) electrons. The van der Waals surface area contributed by atoms with E-state index in [1.165, 1.54) is 6.07 Å². The molecule has 16 heteroatoms. The maximum absolute atomic E-state index is 13.1. The third-order valence-corrected chi connectivity index (χ3v) is 8.00. The number of rotatable bonds is 8. The summed E-state index contributed by atoms with van der Waals surface area (Å²) in [6.07, 6.45) is -1.42. The van der Waals surface area contributed by atoms with Gasteiger partial charge in [-0.15, -0.1) is 10.2 Å². The van der Waals surface area contributed by atoms with Crippen LogP contribution in [0.2, 0.25) is 0 Å². The first kappa shape index (κ1) is 23.9. The summed E-state index contributed by atoms with van der Waals surface area (Å²) in [5.41, 5.74) is 12.6. The standard InChI is InChI=1S/C18H21N9O5S2/c19-6-9(28)8-33(29,30)13-5-4-10(11-2-1-3-12-16(11)23-14(7-20)22-12)15(17(13)34(21,31)32)18-24-26-27-25-18/h1-5,9,28H,6-8,19-20H2,(H,22,23)(H2,21,31,32)(H,24,25,26,27)/t9-/m0/s1. The number of H-pyrrole nitrogens is 2. The van der Waals surface area contributed by atoms with Gasteiger partial charge in [-0.05, 0) is 22.9 Å². The highest BCUT2D eigenvalue weighted by Gasteiger charge is 2.33. The van der Waals surface area contributed by atoms with E-state index in [0.717, 1.165) is 6.07 Å². The van der Waals surface area contributed by atoms with Crippen LogP contribution in [0.1, 0.15) is 5.82 Å². The fraction of sp³-hybridized carbons (Fsp3) is 0.222. The largest absolute Gasteiger partial charge is 0.391 e. The number of tetrazole rings is 1. The lowest BCUT2D eigenvalue weighted by Gasteiger charge is -2.17. The summed E-state index contributed by atoms with van der Waals surface area (Å²) in [5, 5.41) is 28.8. The van der Waals surface area contributed by atoms with Gasteiger partial charge >= 0.3 is 0 Å². The predicted molar refractivity (Wildman–Crippen MR) is 121 cm³/mol. The number of fused-ring (bicyclic) bond motifs is 1. The summed E-state index contributed by atoms with van der Waals surface area (Å²) in [6.45, 7) is -0.209. The number of aromatic amines is 2. The number of aromatic nitrogens is 6. The van der Waals surface area contributed by atoms with Gasteiger partial charge in [-0.3, -0.25) is 0 Å². The van der Waals surface area contributed by atoms with E-state index in [9.17, 15) is 21.9 Å². The van der Waals surface area contributed by atoms with Gasteiger partial charge in [0.05, 0.1) is 39.9 Å². The number of nitrogens with one attached hydrogen (secondary N) is 2. The first-order valence-corrected chi connectivity index (χ1v) is 13.0. The van der Waals surface area contributed by atoms with Crippen LogP contribution < -0.4 is 16.6 Å². The van der Waals surface area contributed by atoms with Gasteiger partial charge in [0.1, 0.15) is 10.7 Å². The van der Waals surface area contributed by atoms with Crippen LogP contribution in [0.3, 0.4) is 0 Å². The van der Waals surface area contributed by atoms with Gasteiger partial charge in [0.2, 0.25) is 15.8 Å². The lowest BCUT2D eigenvalue weighted by molar-refractivity contribution is 0.205. The third kappa shape index (κ3) is 4.29. The summed E-state index contributed by atoms with van der Waals surface area (Å²) < 4.78 is 51.7. The summed E-state index contributed by atoms with van der Waals surface area (Å²) in [5.74, 6) is -0.529. The van der Waals surface area contributed by atoms with Crippen molar-refractivity contribution in [1.82, 2.24) is 30.6 Å². The SMILES string of the molecule is NCc1nc2c(-c3ccc(S(=O)(=O)C[C@@H](O)CN)c(S(N)(=O)=O)c3-c3nn[nH]n3)cccc2[nH]1. The van der Waals surface area contributed by atoms with Crippen LogP contribution in [0.4, 0.5) is 0 Å². The third-order valence-electron chi connectivity index (χ3n) is 5.04. The molecule has 2 aromatic carbocycles. The van der Waals surface area contributed by atoms with Crippen LogP contribution in [-0.2, 0) is 26.4 Å². The van der Waals surface area contributed by atoms with Crippen LogP contribution in [0, 0.1) is 0 Å². The maximum atomic E-state index is 13.1.